The van der Waals surface area contributed by atoms with Crippen LogP contribution in [0.2, 0.25) is 0 Å². The number of nitrogens with zero attached hydrogens (tertiary/aromatic N) is 3. The van der Waals surface area contributed by atoms with E-state index >= 15 is 0 Å². The van der Waals surface area contributed by atoms with Gasteiger partial charge in [-0.05, 0) is 62.8 Å². The van der Waals surface area contributed by atoms with E-state index < -0.39 is 0 Å². The number of hydrogen-bond donors (Lipinski definition) is 0. The van der Waals surface area contributed by atoms with Crippen molar-refractivity contribution in [1.82, 2.24) is 14.8 Å². The molecule has 1 aliphatic carbocycles. The van der Waals surface area contributed by atoms with Gasteiger partial charge in [-0.2, -0.15) is 0 Å². The van der Waals surface area contributed by atoms with E-state index in [4.69, 9.17) is 4.42 Å². The van der Waals surface area contributed by atoms with Crippen LogP contribution in [0.15, 0.2) is 41.3 Å². The summed E-state index contributed by atoms with van der Waals surface area (Å²) in [6.07, 6.45) is 14.5. The van der Waals surface area contributed by atoms with Crippen LogP contribution in [-0.2, 0) is 6.54 Å². The highest BCUT2D eigenvalue weighted by atomic mass is 16.3. The Morgan fingerprint density at radius 3 is 2.79 bits per heavy atom. The predicted octanol–water partition coefficient (Wildman–Crippen LogP) is 4.67. The zero-order chi connectivity index (χ0) is 20.1. The molecule has 2 aromatic rings. The zero-order valence-electron chi connectivity index (χ0n) is 17.6. The minimum atomic E-state index is 0.0647. The van der Waals surface area contributed by atoms with Gasteiger partial charge in [0.1, 0.15) is 5.76 Å². The van der Waals surface area contributed by atoms with Crippen LogP contribution in [0, 0.1) is 12.8 Å². The maximum Gasteiger partial charge on any atom is 0.257 e. The molecule has 0 spiro atoms. The lowest BCUT2D eigenvalue weighted by Crippen LogP contribution is -2.47. The van der Waals surface area contributed by atoms with E-state index in [9.17, 15) is 4.79 Å². The molecule has 0 N–H and O–H groups in total. The lowest BCUT2D eigenvalue weighted by molar-refractivity contribution is 0.0582. The molecule has 2 aromatic heterocycles. The molecule has 2 fully saturated rings. The molecule has 0 aromatic carbocycles. The van der Waals surface area contributed by atoms with Gasteiger partial charge in [0.25, 0.3) is 5.91 Å². The van der Waals surface area contributed by atoms with Crippen molar-refractivity contribution in [2.75, 3.05) is 19.6 Å². The number of amides is 1. The Kier molecular flexibility index (Phi) is 6.65. The Morgan fingerprint density at radius 2 is 2.07 bits per heavy atom. The van der Waals surface area contributed by atoms with E-state index in [0.29, 0.717) is 23.8 Å². The standard InChI is InChI=1S/C24H33N3O2/c1-19-23(11-14-29-19)24(28)27(16-20-7-5-12-25-15-20)18-21-8-6-13-26(17-21)22-9-3-2-4-10-22/h5,7,11-12,14-15,21-22H,2-4,6,8-10,13,16-18H2,1H3/t21-/m1/s1. The van der Waals surface area contributed by atoms with E-state index in [2.05, 4.69) is 9.88 Å². The number of carbonyl (C=O) groups is 1. The molecule has 1 saturated heterocycles. The predicted molar refractivity (Wildman–Crippen MR) is 114 cm³/mol. The molecular formula is C24H33N3O2. The van der Waals surface area contributed by atoms with Crippen LogP contribution < -0.4 is 0 Å². The molecule has 0 bridgehead atoms. The van der Waals surface area contributed by atoms with Crippen LogP contribution >= 0.6 is 0 Å². The van der Waals surface area contributed by atoms with Gasteiger partial charge in [-0.25, -0.2) is 0 Å². The molecule has 2 aliphatic rings. The molecule has 29 heavy (non-hydrogen) atoms. The summed E-state index contributed by atoms with van der Waals surface area (Å²) in [4.78, 5) is 22.3. The molecule has 0 radical (unpaired) electrons. The van der Waals surface area contributed by atoms with Crippen LogP contribution in [0.3, 0.4) is 0 Å². The maximum atomic E-state index is 13.3. The smallest absolute Gasteiger partial charge is 0.257 e. The summed E-state index contributed by atoms with van der Waals surface area (Å²) in [7, 11) is 0. The third kappa shape index (κ3) is 5.08. The van der Waals surface area contributed by atoms with Crippen molar-refractivity contribution in [2.45, 2.75) is 64.5 Å². The van der Waals surface area contributed by atoms with Crippen molar-refractivity contribution >= 4 is 5.91 Å². The molecular weight excluding hydrogens is 362 g/mol. The lowest BCUT2D eigenvalue weighted by Gasteiger charge is -2.41. The number of furan rings is 1. The highest BCUT2D eigenvalue weighted by Crippen LogP contribution is 2.28. The van der Waals surface area contributed by atoms with Gasteiger partial charge in [-0.15, -0.1) is 0 Å². The summed E-state index contributed by atoms with van der Waals surface area (Å²) >= 11 is 0. The van der Waals surface area contributed by atoms with Gasteiger partial charge in [0, 0.05) is 38.1 Å². The third-order valence-electron chi connectivity index (χ3n) is 6.59. The van der Waals surface area contributed by atoms with Crippen molar-refractivity contribution in [1.29, 1.82) is 0 Å². The molecule has 1 aliphatic heterocycles. The molecule has 1 amide bonds. The summed E-state index contributed by atoms with van der Waals surface area (Å²) < 4.78 is 5.40. The first-order chi connectivity index (χ1) is 14.2. The van der Waals surface area contributed by atoms with Gasteiger partial charge in [0.15, 0.2) is 0 Å². The van der Waals surface area contributed by atoms with Crippen molar-refractivity contribution in [3.05, 3.63) is 53.7 Å². The Balaban J connectivity index is 1.47. The molecule has 1 saturated carbocycles. The van der Waals surface area contributed by atoms with E-state index in [1.165, 1.54) is 51.5 Å². The third-order valence-corrected chi connectivity index (χ3v) is 6.59. The number of hydrogen-bond acceptors (Lipinski definition) is 4. The number of aromatic nitrogens is 1. The number of carbonyl (C=O) groups excluding carboxylic acids is 1. The summed E-state index contributed by atoms with van der Waals surface area (Å²) in [5.74, 6) is 1.28. The van der Waals surface area contributed by atoms with Gasteiger partial charge >= 0.3 is 0 Å². The van der Waals surface area contributed by atoms with Gasteiger partial charge in [0.05, 0.1) is 11.8 Å². The van der Waals surface area contributed by atoms with Crippen molar-refractivity contribution in [3.8, 4) is 0 Å². The summed E-state index contributed by atoms with van der Waals surface area (Å²) in [5, 5.41) is 0. The summed E-state index contributed by atoms with van der Waals surface area (Å²) in [6.45, 7) is 5.59. The van der Waals surface area contributed by atoms with Crippen LogP contribution in [0.4, 0.5) is 0 Å². The quantitative estimate of drug-likeness (QED) is 0.713. The number of piperidine rings is 1. The minimum absolute atomic E-state index is 0.0647. The molecule has 0 unspecified atom stereocenters. The molecule has 156 valence electrons. The normalized spacial score (nSPS) is 21.2. The van der Waals surface area contributed by atoms with Crippen molar-refractivity contribution in [3.63, 3.8) is 0 Å². The first kappa shape index (κ1) is 20.1. The molecule has 5 nitrogen and oxygen atoms in total. The van der Waals surface area contributed by atoms with Crippen LogP contribution in [-0.4, -0.2) is 46.4 Å². The monoisotopic (exact) mass is 395 g/mol. The zero-order valence-corrected chi connectivity index (χ0v) is 17.6. The van der Waals surface area contributed by atoms with Crippen LogP contribution in [0.5, 0.6) is 0 Å². The lowest BCUT2D eigenvalue weighted by atomic mass is 9.90. The summed E-state index contributed by atoms with van der Waals surface area (Å²) in [6, 6.07) is 6.53. The molecule has 1 atom stereocenters. The molecule has 4 rings (SSSR count). The highest BCUT2D eigenvalue weighted by Gasteiger charge is 2.30. The molecule has 5 heteroatoms. The Bertz CT molecular complexity index is 782. The second-order valence-corrected chi connectivity index (χ2v) is 8.73. The minimum Gasteiger partial charge on any atom is -0.469 e. The van der Waals surface area contributed by atoms with Gasteiger partial charge in [-0.1, -0.05) is 25.3 Å². The number of rotatable bonds is 6. The van der Waals surface area contributed by atoms with Gasteiger partial charge < -0.3 is 14.2 Å². The number of aryl methyl sites for hydroxylation is 1. The highest BCUT2D eigenvalue weighted by molar-refractivity contribution is 5.95. The van der Waals surface area contributed by atoms with Gasteiger partial charge in [-0.3, -0.25) is 9.78 Å². The molecule has 3 heterocycles. The first-order valence-electron chi connectivity index (χ1n) is 11.2. The average Bonchev–Trinajstić information content (AvgIpc) is 3.20. The maximum absolute atomic E-state index is 13.3. The van der Waals surface area contributed by atoms with Crippen LogP contribution in [0.1, 0.15) is 66.6 Å². The van der Waals surface area contributed by atoms with Gasteiger partial charge in [0.2, 0.25) is 0 Å². The van der Waals surface area contributed by atoms with E-state index in [1.54, 1.807) is 18.5 Å². The van der Waals surface area contributed by atoms with E-state index in [1.807, 2.05) is 30.2 Å². The van der Waals surface area contributed by atoms with E-state index in [-0.39, 0.29) is 5.91 Å². The fraction of sp³-hybridized carbons (Fsp3) is 0.583. The number of likely N-dealkylation sites (tertiary alicyclic amines) is 1. The summed E-state index contributed by atoms with van der Waals surface area (Å²) in [5.41, 5.74) is 1.75. The average molecular weight is 396 g/mol. The second kappa shape index (κ2) is 9.57. The van der Waals surface area contributed by atoms with Crippen LogP contribution in [0.25, 0.3) is 0 Å². The fourth-order valence-corrected chi connectivity index (χ4v) is 5.04. The number of pyridine rings is 1. The Labute approximate surface area is 174 Å². The fourth-order valence-electron chi connectivity index (χ4n) is 5.04. The largest absolute Gasteiger partial charge is 0.469 e. The Morgan fingerprint density at radius 1 is 1.21 bits per heavy atom. The van der Waals surface area contributed by atoms with Crippen molar-refractivity contribution in [2.24, 2.45) is 5.92 Å². The second-order valence-electron chi connectivity index (χ2n) is 8.73. The first-order valence-corrected chi connectivity index (χ1v) is 11.2. The Hall–Kier alpha value is -2.14. The topological polar surface area (TPSA) is 49.6 Å². The van der Waals surface area contributed by atoms with E-state index in [0.717, 1.165) is 24.7 Å². The SMILES string of the molecule is Cc1occc1C(=O)N(Cc1cccnc1)C[C@@H]1CCCN(C2CCCCC2)C1. The van der Waals surface area contributed by atoms with Crippen molar-refractivity contribution < 1.29 is 9.21 Å².